The molecule has 1 heterocycles. The second-order valence-electron chi connectivity index (χ2n) is 4.32. The maximum atomic E-state index is 12.3. The number of alkyl halides is 3. The zero-order valence-electron chi connectivity index (χ0n) is 11.1. The van der Waals surface area contributed by atoms with Crippen molar-refractivity contribution in [1.82, 2.24) is 4.98 Å². The van der Waals surface area contributed by atoms with Gasteiger partial charge in [-0.2, -0.15) is 13.2 Å². The smallest absolute Gasteiger partial charge is 0.471 e. The summed E-state index contributed by atoms with van der Waals surface area (Å²) in [7, 11) is 0. The number of anilines is 1. The molecule has 1 aromatic heterocycles. The van der Waals surface area contributed by atoms with E-state index in [1.807, 2.05) is 0 Å². The van der Waals surface area contributed by atoms with Gasteiger partial charge in [0.15, 0.2) is 5.13 Å². The lowest BCUT2D eigenvalue weighted by Gasteiger charge is -2.04. The number of thiazole rings is 1. The average Bonchev–Trinajstić information content (AvgIpc) is 2.80. The summed E-state index contributed by atoms with van der Waals surface area (Å²) in [6, 6.07) is 6.18. The van der Waals surface area contributed by atoms with Gasteiger partial charge in [-0.25, -0.2) is 4.98 Å². The van der Waals surface area contributed by atoms with Gasteiger partial charge in [0.2, 0.25) is 0 Å². The molecule has 10 heteroatoms. The molecule has 0 aliphatic rings. The molecule has 0 bridgehead atoms. The fraction of sp³-hybridized carbons (Fsp3) is 0.154. The van der Waals surface area contributed by atoms with Gasteiger partial charge in [-0.3, -0.25) is 14.9 Å². The van der Waals surface area contributed by atoms with Crippen LogP contribution in [0.2, 0.25) is 5.02 Å². The Labute approximate surface area is 136 Å². The molecule has 2 rings (SSSR count). The third-order valence-corrected chi connectivity index (χ3v) is 3.83. The van der Waals surface area contributed by atoms with Crippen LogP contribution in [0.3, 0.4) is 0 Å². The Kier molecular flexibility index (Phi) is 4.90. The van der Waals surface area contributed by atoms with Crippen LogP contribution in [0.1, 0.15) is 4.88 Å². The fourth-order valence-corrected chi connectivity index (χ4v) is 2.76. The Hall–Kier alpha value is -2.13. The first-order chi connectivity index (χ1) is 10.7. The summed E-state index contributed by atoms with van der Waals surface area (Å²) in [6.45, 7) is 0. The first kappa shape index (κ1) is 17.2. The number of hydrogen-bond acceptors (Lipinski definition) is 4. The molecule has 1 amide bonds. The standard InChI is InChI=1S/C13H8ClF3N2O3S/c14-7-3-1-6(2-4-7)10-8(5-9(20)21)23-12(18-10)19-11(22)13(15,16)17/h1-4H,5H2,(H,20,21)(H,18,19,22). The van der Waals surface area contributed by atoms with E-state index in [0.29, 0.717) is 21.9 Å². The third kappa shape index (κ3) is 4.42. The van der Waals surface area contributed by atoms with Gasteiger partial charge in [0.05, 0.1) is 12.1 Å². The molecule has 0 fully saturated rings. The van der Waals surface area contributed by atoms with Crippen LogP contribution >= 0.6 is 22.9 Å². The summed E-state index contributed by atoms with van der Waals surface area (Å²) < 4.78 is 36.8. The number of amides is 1. The van der Waals surface area contributed by atoms with E-state index in [0.717, 1.165) is 0 Å². The van der Waals surface area contributed by atoms with Gasteiger partial charge in [0, 0.05) is 15.5 Å². The molecule has 0 aliphatic heterocycles. The zero-order valence-corrected chi connectivity index (χ0v) is 12.7. The molecular formula is C13H8ClF3N2O3S. The predicted octanol–water partition coefficient (Wildman–Crippen LogP) is 3.59. The van der Waals surface area contributed by atoms with E-state index in [1.165, 1.54) is 12.1 Å². The Morgan fingerprint density at radius 1 is 1.26 bits per heavy atom. The minimum atomic E-state index is -5.06. The molecule has 2 N–H and O–H groups in total. The van der Waals surface area contributed by atoms with Crippen LogP contribution in [0, 0.1) is 0 Å². The van der Waals surface area contributed by atoms with Gasteiger partial charge in [-0.15, -0.1) is 11.3 Å². The summed E-state index contributed by atoms with van der Waals surface area (Å²) in [5.74, 6) is -3.34. The number of carbonyl (C=O) groups is 2. The quantitative estimate of drug-likeness (QED) is 0.869. The normalized spacial score (nSPS) is 11.3. The second kappa shape index (κ2) is 6.55. The van der Waals surface area contributed by atoms with Crippen LogP contribution in [0.5, 0.6) is 0 Å². The van der Waals surface area contributed by atoms with Gasteiger partial charge in [-0.1, -0.05) is 23.7 Å². The third-order valence-electron chi connectivity index (χ3n) is 2.60. The second-order valence-corrected chi connectivity index (χ2v) is 5.84. The van der Waals surface area contributed by atoms with E-state index in [9.17, 15) is 22.8 Å². The minimum Gasteiger partial charge on any atom is -0.481 e. The van der Waals surface area contributed by atoms with Crippen LogP contribution in [-0.2, 0) is 16.0 Å². The van der Waals surface area contributed by atoms with Crippen molar-refractivity contribution in [3.05, 3.63) is 34.2 Å². The van der Waals surface area contributed by atoms with Crippen molar-refractivity contribution in [3.8, 4) is 11.3 Å². The topological polar surface area (TPSA) is 79.3 Å². The lowest BCUT2D eigenvalue weighted by atomic mass is 10.1. The summed E-state index contributed by atoms with van der Waals surface area (Å²) in [5.41, 5.74) is 0.668. The summed E-state index contributed by atoms with van der Waals surface area (Å²) in [6.07, 6.45) is -5.49. The summed E-state index contributed by atoms with van der Waals surface area (Å²) >= 11 is 6.43. The van der Waals surface area contributed by atoms with E-state index in [4.69, 9.17) is 16.7 Å². The highest BCUT2D eigenvalue weighted by atomic mass is 35.5. The van der Waals surface area contributed by atoms with Crippen molar-refractivity contribution in [2.24, 2.45) is 0 Å². The first-order valence-electron chi connectivity index (χ1n) is 6.02. The van der Waals surface area contributed by atoms with E-state index in [2.05, 4.69) is 4.98 Å². The van der Waals surface area contributed by atoms with Gasteiger partial charge in [0.25, 0.3) is 0 Å². The Balaban J connectivity index is 2.38. The number of carbonyl (C=O) groups excluding carboxylic acids is 1. The number of aromatic nitrogens is 1. The molecule has 0 saturated heterocycles. The number of carboxylic acid groups (broad SMARTS) is 1. The highest BCUT2D eigenvalue weighted by Crippen LogP contribution is 2.33. The lowest BCUT2D eigenvalue weighted by molar-refractivity contribution is -0.167. The van der Waals surface area contributed by atoms with Crippen molar-refractivity contribution in [2.45, 2.75) is 12.6 Å². The molecule has 0 aliphatic carbocycles. The van der Waals surface area contributed by atoms with Crippen LogP contribution in [-0.4, -0.2) is 28.1 Å². The molecule has 0 unspecified atom stereocenters. The summed E-state index contributed by atoms with van der Waals surface area (Å²) in [4.78, 5) is 26.0. The van der Waals surface area contributed by atoms with E-state index in [-0.39, 0.29) is 15.7 Å². The number of hydrogen-bond donors (Lipinski definition) is 2. The van der Waals surface area contributed by atoms with Crippen molar-refractivity contribution in [3.63, 3.8) is 0 Å². The molecular weight excluding hydrogens is 357 g/mol. The van der Waals surface area contributed by atoms with Gasteiger partial charge in [0.1, 0.15) is 0 Å². The Morgan fingerprint density at radius 3 is 2.39 bits per heavy atom. The van der Waals surface area contributed by atoms with E-state index in [1.54, 1.807) is 17.4 Å². The largest absolute Gasteiger partial charge is 0.481 e. The predicted molar refractivity (Wildman–Crippen MR) is 78.6 cm³/mol. The Bertz CT molecular complexity index is 744. The number of carboxylic acids is 1. The Morgan fingerprint density at radius 2 is 1.87 bits per heavy atom. The van der Waals surface area contributed by atoms with Crippen molar-refractivity contribution >= 4 is 39.9 Å². The van der Waals surface area contributed by atoms with Crippen molar-refractivity contribution in [1.29, 1.82) is 0 Å². The van der Waals surface area contributed by atoms with Gasteiger partial charge < -0.3 is 5.11 Å². The molecule has 2 aromatic rings. The molecule has 1 aromatic carbocycles. The monoisotopic (exact) mass is 364 g/mol. The van der Waals surface area contributed by atoms with Gasteiger partial charge in [-0.05, 0) is 12.1 Å². The van der Waals surface area contributed by atoms with Gasteiger partial charge >= 0.3 is 18.1 Å². The van der Waals surface area contributed by atoms with E-state index >= 15 is 0 Å². The number of nitrogens with one attached hydrogen (secondary N) is 1. The number of halogens is 4. The minimum absolute atomic E-state index is 0.187. The number of aliphatic carboxylic acids is 1. The van der Waals surface area contributed by atoms with E-state index < -0.39 is 24.5 Å². The molecule has 5 nitrogen and oxygen atoms in total. The van der Waals surface area contributed by atoms with Crippen LogP contribution in [0.15, 0.2) is 24.3 Å². The molecule has 0 atom stereocenters. The maximum Gasteiger partial charge on any atom is 0.471 e. The van der Waals surface area contributed by atoms with Crippen molar-refractivity contribution < 1.29 is 27.9 Å². The first-order valence-corrected chi connectivity index (χ1v) is 7.22. The molecule has 0 spiro atoms. The number of nitrogens with zero attached hydrogens (tertiary/aromatic N) is 1. The van der Waals surface area contributed by atoms with Crippen molar-refractivity contribution in [2.75, 3.05) is 5.32 Å². The van der Waals surface area contributed by atoms with Crippen LogP contribution < -0.4 is 5.32 Å². The zero-order chi connectivity index (χ0) is 17.2. The SMILES string of the molecule is O=C(O)Cc1sc(NC(=O)C(F)(F)F)nc1-c1ccc(Cl)cc1. The molecule has 0 radical (unpaired) electrons. The van der Waals surface area contributed by atoms with Crippen LogP contribution in [0.4, 0.5) is 18.3 Å². The lowest BCUT2D eigenvalue weighted by Crippen LogP contribution is -2.29. The number of benzene rings is 1. The average molecular weight is 365 g/mol. The molecule has 0 saturated carbocycles. The van der Waals surface area contributed by atoms with Crippen LogP contribution in [0.25, 0.3) is 11.3 Å². The fourth-order valence-electron chi connectivity index (χ4n) is 1.66. The molecule has 23 heavy (non-hydrogen) atoms. The summed E-state index contributed by atoms with van der Waals surface area (Å²) in [5, 5.41) is 10.6. The highest BCUT2D eigenvalue weighted by molar-refractivity contribution is 7.16. The molecule has 122 valence electrons. The highest BCUT2D eigenvalue weighted by Gasteiger charge is 2.39. The number of rotatable bonds is 4. The maximum absolute atomic E-state index is 12.3.